The van der Waals surface area contributed by atoms with Crippen LogP contribution in [0, 0.1) is 0 Å². The van der Waals surface area contributed by atoms with Gasteiger partial charge >= 0.3 is 5.97 Å². The first kappa shape index (κ1) is 19.6. The number of carbonyl (C=O) groups excluding carboxylic acids is 1. The van der Waals surface area contributed by atoms with Gasteiger partial charge in [-0.2, -0.15) is 0 Å². The molecule has 0 bridgehead atoms. The molecule has 6 heteroatoms. The van der Waals surface area contributed by atoms with Gasteiger partial charge in [-0.1, -0.05) is 55.1 Å². The van der Waals surface area contributed by atoms with E-state index in [2.05, 4.69) is 17.2 Å². The van der Waals surface area contributed by atoms with Gasteiger partial charge in [0.25, 0.3) is 0 Å². The molecule has 5 nitrogen and oxygen atoms in total. The van der Waals surface area contributed by atoms with Gasteiger partial charge in [0.2, 0.25) is 0 Å². The molecule has 1 atom stereocenters. The molecule has 0 aliphatic carbocycles. The summed E-state index contributed by atoms with van der Waals surface area (Å²) in [5, 5.41) is 6.64. The topological polar surface area (TPSA) is 59.6 Å². The van der Waals surface area contributed by atoms with Crippen LogP contribution >= 0.6 is 12.2 Å². The molecule has 2 aromatic rings. The number of hydrogen-bond donors (Lipinski definition) is 2. The number of esters is 1. The summed E-state index contributed by atoms with van der Waals surface area (Å²) in [5.41, 5.74) is 3.01. The molecule has 0 aromatic heterocycles. The van der Waals surface area contributed by atoms with Crippen molar-refractivity contribution in [1.82, 2.24) is 10.6 Å². The zero-order valence-electron chi connectivity index (χ0n) is 15.6. The van der Waals surface area contributed by atoms with Crippen molar-refractivity contribution in [2.45, 2.75) is 19.6 Å². The van der Waals surface area contributed by atoms with Crippen LogP contribution in [-0.4, -0.2) is 17.7 Å². The van der Waals surface area contributed by atoms with Crippen molar-refractivity contribution in [2.75, 3.05) is 6.61 Å². The van der Waals surface area contributed by atoms with E-state index in [1.807, 2.05) is 61.5 Å². The molecule has 144 valence electrons. The van der Waals surface area contributed by atoms with Crippen LogP contribution in [0.1, 0.15) is 24.1 Å². The average molecular weight is 394 g/mol. The van der Waals surface area contributed by atoms with Crippen LogP contribution in [-0.2, 0) is 16.1 Å². The highest BCUT2D eigenvalue weighted by Gasteiger charge is 2.31. The van der Waals surface area contributed by atoms with Crippen molar-refractivity contribution in [3.63, 3.8) is 0 Å². The smallest absolute Gasteiger partial charge is 0.338 e. The summed E-state index contributed by atoms with van der Waals surface area (Å²) in [7, 11) is 0. The Morgan fingerprint density at radius 1 is 1.18 bits per heavy atom. The second kappa shape index (κ2) is 9.19. The monoisotopic (exact) mass is 394 g/mol. The Morgan fingerprint density at radius 2 is 1.89 bits per heavy atom. The first-order valence-electron chi connectivity index (χ1n) is 8.91. The number of hydrogen-bond acceptors (Lipinski definition) is 4. The maximum absolute atomic E-state index is 12.8. The molecule has 0 radical (unpaired) electrons. The number of carbonyl (C=O) groups is 1. The van der Waals surface area contributed by atoms with E-state index in [1.165, 1.54) is 0 Å². The van der Waals surface area contributed by atoms with E-state index in [0.29, 0.717) is 23.0 Å². The number of nitrogens with one attached hydrogen (secondary N) is 2. The number of benzene rings is 2. The molecule has 28 heavy (non-hydrogen) atoms. The summed E-state index contributed by atoms with van der Waals surface area (Å²) in [4.78, 5) is 12.8. The molecule has 0 saturated carbocycles. The minimum atomic E-state index is -0.398. The van der Waals surface area contributed by atoms with Gasteiger partial charge < -0.3 is 20.1 Å². The number of thiocarbonyl (C=S) groups is 1. The Bertz CT molecular complexity index is 892. The standard InChI is InChI=1S/C22H22N2O3S/c1-3-13-26-18-11-9-17(10-12-18)20-19(15(2)23-22(28)24-20)21(25)27-14-16-7-5-4-6-8-16/h3-12,20H,1,13-14H2,2H3,(H2,23,24,28). The summed E-state index contributed by atoms with van der Waals surface area (Å²) >= 11 is 5.28. The molecule has 1 aliphatic heterocycles. The Balaban J connectivity index is 1.79. The quantitative estimate of drug-likeness (QED) is 0.423. The van der Waals surface area contributed by atoms with E-state index < -0.39 is 6.04 Å². The maximum Gasteiger partial charge on any atom is 0.338 e. The van der Waals surface area contributed by atoms with Crippen molar-refractivity contribution in [3.8, 4) is 5.75 Å². The molecule has 1 heterocycles. The summed E-state index contributed by atoms with van der Waals surface area (Å²) in [6.45, 7) is 6.10. The van der Waals surface area contributed by atoms with Gasteiger partial charge in [-0.05, 0) is 42.4 Å². The summed E-state index contributed by atoms with van der Waals surface area (Å²) in [6, 6.07) is 16.7. The molecular weight excluding hydrogens is 372 g/mol. The maximum atomic E-state index is 12.8. The second-order valence-electron chi connectivity index (χ2n) is 6.30. The molecule has 0 saturated heterocycles. The largest absolute Gasteiger partial charge is 0.490 e. The van der Waals surface area contributed by atoms with Crippen molar-refractivity contribution < 1.29 is 14.3 Å². The molecule has 2 aromatic carbocycles. The second-order valence-corrected chi connectivity index (χ2v) is 6.71. The first-order valence-corrected chi connectivity index (χ1v) is 9.32. The van der Waals surface area contributed by atoms with E-state index in [-0.39, 0.29) is 12.6 Å². The molecule has 2 N–H and O–H groups in total. The van der Waals surface area contributed by atoms with Crippen LogP contribution < -0.4 is 15.4 Å². The summed E-state index contributed by atoms with van der Waals surface area (Å²) in [6.07, 6.45) is 1.69. The van der Waals surface area contributed by atoms with Crippen molar-refractivity contribution >= 4 is 23.3 Å². The average Bonchev–Trinajstić information content (AvgIpc) is 2.71. The Hall–Kier alpha value is -3.12. The van der Waals surface area contributed by atoms with E-state index in [0.717, 1.165) is 16.9 Å². The van der Waals surface area contributed by atoms with Crippen LogP contribution in [0.4, 0.5) is 0 Å². The molecule has 0 spiro atoms. The normalized spacial score (nSPS) is 16.0. The Morgan fingerprint density at radius 3 is 2.57 bits per heavy atom. The van der Waals surface area contributed by atoms with Crippen LogP contribution in [0.3, 0.4) is 0 Å². The molecule has 1 aliphatic rings. The van der Waals surface area contributed by atoms with E-state index in [1.54, 1.807) is 6.08 Å². The fourth-order valence-corrected chi connectivity index (χ4v) is 3.20. The Kier molecular flexibility index (Phi) is 6.45. The van der Waals surface area contributed by atoms with Gasteiger partial charge in [-0.3, -0.25) is 0 Å². The van der Waals surface area contributed by atoms with Crippen LogP contribution in [0.15, 0.2) is 78.5 Å². The lowest BCUT2D eigenvalue weighted by Gasteiger charge is -2.30. The van der Waals surface area contributed by atoms with Gasteiger partial charge in [0.1, 0.15) is 19.0 Å². The molecule has 0 fully saturated rings. The van der Waals surface area contributed by atoms with Gasteiger partial charge in [-0.15, -0.1) is 0 Å². The fourth-order valence-electron chi connectivity index (χ4n) is 2.93. The first-order chi connectivity index (χ1) is 13.6. The molecule has 3 rings (SSSR count). The lowest BCUT2D eigenvalue weighted by atomic mass is 9.95. The van der Waals surface area contributed by atoms with Gasteiger partial charge in [0, 0.05) is 5.70 Å². The van der Waals surface area contributed by atoms with E-state index in [9.17, 15) is 4.79 Å². The lowest BCUT2D eigenvalue weighted by molar-refractivity contribution is -0.140. The minimum Gasteiger partial charge on any atom is -0.490 e. The fraction of sp³-hybridized carbons (Fsp3) is 0.182. The number of ether oxygens (including phenoxy) is 2. The predicted molar refractivity (Wildman–Crippen MR) is 113 cm³/mol. The lowest BCUT2D eigenvalue weighted by Crippen LogP contribution is -2.45. The number of rotatable bonds is 7. The third-order valence-corrected chi connectivity index (χ3v) is 4.50. The van der Waals surface area contributed by atoms with Crippen molar-refractivity contribution in [1.29, 1.82) is 0 Å². The van der Waals surface area contributed by atoms with Gasteiger partial charge in [0.15, 0.2) is 5.11 Å². The SMILES string of the molecule is C=CCOc1ccc(C2NC(=S)NC(C)=C2C(=O)OCc2ccccc2)cc1. The van der Waals surface area contributed by atoms with Crippen LogP contribution in [0.25, 0.3) is 0 Å². The van der Waals surface area contributed by atoms with E-state index >= 15 is 0 Å². The van der Waals surface area contributed by atoms with Crippen LogP contribution in [0.5, 0.6) is 5.75 Å². The van der Waals surface area contributed by atoms with E-state index in [4.69, 9.17) is 21.7 Å². The predicted octanol–water partition coefficient (Wildman–Crippen LogP) is 3.79. The zero-order valence-corrected chi connectivity index (χ0v) is 16.4. The summed E-state index contributed by atoms with van der Waals surface area (Å²) < 4.78 is 11.1. The molecule has 0 amide bonds. The van der Waals surface area contributed by atoms with Crippen molar-refractivity contribution in [2.24, 2.45) is 0 Å². The van der Waals surface area contributed by atoms with Crippen LogP contribution in [0.2, 0.25) is 0 Å². The number of allylic oxidation sites excluding steroid dienone is 1. The third kappa shape index (κ3) is 4.78. The highest BCUT2D eigenvalue weighted by atomic mass is 32.1. The van der Waals surface area contributed by atoms with Crippen molar-refractivity contribution in [3.05, 3.63) is 89.6 Å². The van der Waals surface area contributed by atoms with Gasteiger partial charge in [0.05, 0.1) is 11.6 Å². The highest BCUT2D eigenvalue weighted by molar-refractivity contribution is 7.80. The summed E-state index contributed by atoms with van der Waals surface area (Å²) in [5.74, 6) is 0.343. The Labute approximate surface area is 170 Å². The zero-order chi connectivity index (χ0) is 19.9. The molecule has 1 unspecified atom stereocenters. The highest BCUT2D eigenvalue weighted by Crippen LogP contribution is 2.29. The molecular formula is C22H22N2O3S. The third-order valence-electron chi connectivity index (χ3n) is 4.28. The minimum absolute atomic E-state index is 0.210. The van der Waals surface area contributed by atoms with Gasteiger partial charge in [-0.25, -0.2) is 4.79 Å².